The minimum atomic E-state index is -3.70. The van der Waals surface area contributed by atoms with Gasteiger partial charge in [0.05, 0.1) is 4.90 Å². The third kappa shape index (κ3) is 3.55. The first kappa shape index (κ1) is 14.5. The second-order valence-corrected chi connectivity index (χ2v) is 6.00. The van der Waals surface area contributed by atoms with E-state index in [0.29, 0.717) is 5.56 Å². The highest BCUT2D eigenvalue weighted by Gasteiger charge is 2.14. The standard InChI is InChI=1S/C14H14FNO3S/c15-14-7-2-1-4-11(14)8-9-16-20(18,19)13-6-3-5-12(17)10-13/h1-7,10,16-17H,8-9H2. The van der Waals surface area contributed by atoms with Crippen LogP contribution in [0, 0.1) is 5.82 Å². The minimum Gasteiger partial charge on any atom is -0.508 e. The van der Waals surface area contributed by atoms with Crippen LogP contribution < -0.4 is 4.72 Å². The van der Waals surface area contributed by atoms with E-state index in [0.717, 1.165) is 6.07 Å². The van der Waals surface area contributed by atoms with Crippen molar-refractivity contribution in [3.05, 3.63) is 59.9 Å². The van der Waals surface area contributed by atoms with Gasteiger partial charge in [-0.25, -0.2) is 17.5 Å². The summed E-state index contributed by atoms with van der Waals surface area (Å²) in [5.41, 5.74) is 0.450. The summed E-state index contributed by atoms with van der Waals surface area (Å²) in [6.07, 6.45) is 0.255. The lowest BCUT2D eigenvalue weighted by Crippen LogP contribution is -2.26. The van der Waals surface area contributed by atoms with E-state index in [9.17, 15) is 17.9 Å². The number of nitrogens with one attached hydrogen (secondary N) is 1. The van der Waals surface area contributed by atoms with Gasteiger partial charge in [0, 0.05) is 6.54 Å². The first-order chi connectivity index (χ1) is 9.49. The van der Waals surface area contributed by atoms with Gasteiger partial charge >= 0.3 is 0 Å². The molecule has 2 N–H and O–H groups in total. The SMILES string of the molecule is O=S(=O)(NCCc1ccccc1F)c1cccc(O)c1. The number of hydrogen-bond acceptors (Lipinski definition) is 3. The van der Waals surface area contributed by atoms with Crippen molar-refractivity contribution in [2.75, 3.05) is 6.54 Å². The Morgan fingerprint density at radius 2 is 1.85 bits per heavy atom. The summed E-state index contributed by atoms with van der Waals surface area (Å²) in [7, 11) is -3.70. The van der Waals surface area contributed by atoms with E-state index in [2.05, 4.69) is 4.72 Å². The Morgan fingerprint density at radius 1 is 1.10 bits per heavy atom. The quantitative estimate of drug-likeness (QED) is 0.887. The molecule has 0 aliphatic carbocycles. The first-order valence-corrected chi connectivity index (χ1v) is 7.49. The van der Waals surface area contributed by atoms with Crippen LogP contribution in [0.5, 0.6) is 5.75 Å². The number of sulfonamides is 1. The Hall–Kier alpha value is -1.92. The topological polar surface area (TPSA) is 66.4 Å². The van der Waals surface area contributed by atoms with Gasteiger partial charge in [0.15, 0.2) is 0 Å². The van der Waals surface area contributed by atoms with Gasteiger partial charge in [-0.3, -0.25) is 0 Å². The molecule has 0 bridgehead atoms. The molecule has 20 heavy (non-hydrogen) atoms. The van der Waals surface area contributed by atoms with Crippen LogP contribution >= 0.6 is 0 Å². The molecule has 106 valence electrons. The Balaban J connectivity index is 2.02. The number of hydrogen-bond donors (Lipinski definition) is 2. The number of benzene rings is 2. The summed E-state index contributed by atoms with van der Waals surface area (Å²) in [6, 6.07) is 11.6. The molecular formula is C14H14FNO3S. The Kier molecular flexibility index (Phi) is 4.36. The van der Waals surface area contributed by atoms with E-state index in [4.69, 9.17) is 0 Å². The highest BCUT2D eigenvalue weighted by Crippen LogP contribution is 2.15. The fourth-order valence-corrected chi connectivity index (χ4v) is 2.83. The third-order valence-corrected chi connectivity index (χ3v) is 4.23. The molecule has 0 aliphatic heterocycles. The van der Waals surface area contributed by atoms with Crippen molar-refractivity contribution < 1.29 is 17.9 Å². The van der Waals surface area contributed by atoms with Gasteiger partial charge in [-0.05, 0) is 36.2 Å². The summed E-state index contributed by atoms with van der Waals surface area (Å²) in [5.74, 6) is -0.481. The summed E-state index contributed by atoms with van der Waals surface area (Å²) in [4.78, 5) is -0.0222. The van der Waals surface area contributed by atoms with Gasteiger partial charge < -0.3 is 5.11 Å². The molecule has 0 saturated carbocycles. The molecule has 0 fully saturated rings. The molecule has 2 aromatic carbocycles. The molecule has 0 aliphatic rings. The number of phenols is 1. The lowest BCUT2D eigenvalue weighted by atomic mass is 10.1. The highest BCUT2D eigenvalue weighted by molar-refractivity contribution is 7.89. The average Bonchev–Trinajstić information content (AvgIpc) is 2.41. The molecule has 0 aromatic heterocycles. The van der Waals surface area contributed by atoms with Crippen LogP contribution in [-0.2, 0) is 16.4 Å². The van der Waals surface area contributed by atoms with Crippen LogP contribution in [-0.4, -0.2) is 20.1 Å². The number of aromatic hydroxyl groups is 1. The normalized spacial score (nSPS) is 11.4. The molecule has 0 amide bonds. The zero-order valence-corrected chi connectivity index (χ0v) is 11.4. The van der Waals surface area contributed by atoms with Crippen LogP contribution in [0.15, 0.2) is 53.4 Å². The van der Waals surface area contributed by atoms with Crippen molar-refractivity contribution in [3.63, 3.8) is 0 Å². The van der Waals surface area contributed by atoms with E-state index in [-0.39, 0.29) is 29.4 Å². The maximum absolute atomic E-state index is 13.4. The molecular weight excluding hydrogens is 281 g/mol. The smallest absolute Gasteiger partial charge is 0.240 e. The molecule has 2 rings (SSSR count). The monoisotopic (exact) mass is 295 g/mol. The summed E-state index contributed by atoms with van der Waals surface area (Å²) in [5, 5.41) is 9.27. The van der Waals surface area contributed by atoms with Crippen LogP contribution in [0.25, 0.3) is 0 Å². The van der Waals surface area contributed by atoms with Crippen molar-refractivity contribution in [2.45, 2.75) is 11.3 Å². The highest BCUT2D eigenvalue weighted by atomic mass is 32.2. The van der Waals surface area contributed by atoms with Crippen LogP contribution in [0.4, 0.5) is 4.39 Å². The van der Waals surface area contributed by atoms with Crippen molar-refractivity contribution in [1.82, 2.24) is 4.72 Å². The fourth-order valence-electron chi connectivity index (χ4n) is 1.76. The largest absolute Gasteiger partial charge is 0.508 e. The zero-order valence-electron chi connectivity index (χ0n) is 10.6. The second kappa shape index (κ2) is 6.02. The third-order valence-electron chi connectivity index (χ3n) is 2.77. The maximum atomic E-state index is 13.4. The summed E-state index contributed by atoms with van der Waals surface area (Å²) < 4.78 is 39.6. The predicted octanol–water partition coefficient (Wildman–Crippen LogP) is 2.05. The van der Waals surface area contributed by atoms with Crippen LogP contribution in [0.3, 0.4) is 0 Å². The molecule has 0 heterocycles. The van der Waals surface area contributed by atoms with Gasteiger partial charge in [-0.15, -0.1) is 0 Å². The van der Waals surface area contributed by atoms with E-state index in [1.165, 1.54) is 24.3 Å². The van der Waals surface area contributed by atoms with Crippen molar-refractivity contribution in [1.29, 1.82) is 0 Å². The number of rotatable bonds is 5. The molecule has 6 heteroatoms. The second-order valence-electron chi connectivity index (χ2n) is 4.24. The minimum absolute atomic E-state index is 0.0222. The summed E-state index contributed by atoms with van der Waals surface area (Å²) >= 11 is 0. The molecule has 0 spiro atoms. The molecule has 2 aromatic rings. The lowest BCUT2D eigenvalue weighted by molar-refractivity contribution is 0.473. The lowest BCUT2D eigenvalue weighted by Gasteiger charge is -2.07. The van der Waals surface area contributed by atoms with E-state index in [1.807, 2.05) is 0 Å². The Morgan fingerprint density at radius 3 is 2.55 bits per heavy atom. The van der Waals surface area contributed by atoms with Gasteiger partial charge in [0.25, 0.3) is 0 Å². The average molecular weight is 295 g/mol. The zero-order chi connectivity index (χ0) is 14.6. The molecule has 0 saturated heterocycles. The number of halogens is 1. The summed E-state index contributed by atoms with van der Waals surface area (Å²) in [6.45, 7) is 0.0823. The van der Waals surface area contributed by atoms with Crippen LogP contribution in [0.1, 0.15) is 5.56 Å². The molecule has 0 unspecified atom stereocenters. The molecule has 0 radical (unpaired) electrons. The molecule has 0 atom stereocenters. The van der Waals surface area contributed by atoms with Crippen molar-refractivity contribution in [2.24, 2.45) is 0 Å². The van der Waals surface area contributed by atoms with Gasteiger partial charge in [0.1, 0.15) is 11.6 Å². The molecule has 4 nitrogen and oxygen atoms in total. The van der Waals surface area contributed by atoms with Crippen molar-refractivity contribution in [3.8, 4) is 5.75 Å². The maximum Gasteiger partial charge on any atom is 0.240 e. The van der Waals surface area contributed by atoms with Gasteiger partial charge in [-0.1, -0.05) is 24.3 Å². The Bertz CT molecular complexity index is 701. The fraction of sp³-hybridized carbons (Fsp3) is 0.143. The predicted molar refractivity (Wildman–Crippen MR) is 73.4 cm³/mol. The number of phenolic OH excluding ortho intramolecular Hbond substituents is 1. The van der Waals surface area contributed by atoms with E-state index < -0.39 is 10.0 Å². The first-order valence-electron chi connectivity index (χ1n) is 6.01. The Labute approximate surface area is 116 Å². The van der Waals surface area contributed by atoms with Gasteiger partial charge in [-0.2, -0.15) is 0 Å². The van der Waals surface area contributed by atoms with Crippen molar-refractivity contribution >= 4 is 10.0 Å². The van der Waals surface area contributed by atoms with Gasteiger partial charge in [0.2, 0.25) is 10.0 Å². The van der Waals surface area contributed by atoms with E-state index in [1.54, 1.807) is 18.2 Å². The van der Waals surface area contributed by atoms with Crippen LogP contribution in [0.2, 0.25) is 0 Å². The van der Waals surface area contributed by atoms with E-state index >= 15 is 0 Å².